The fourth-order valence-electron chi connectivity index (χ4n) is 2.48. The highest BCUT2D eigenvalue weighted by molar-refractivity contribution is 5.73. The summed E-state index contributed by atoms with van der Waals surface area (Å²) in [6.07, 6.45) is 3.93. The van der Waals surface area contributed by atoms with Crippen molar-refractivity contribution in [2.75, 3.05) is 20.2 Å². The summed E-state index contributed by atoms with van der Waals surface area (Å²) in [6.45, 7) is 1.34. The Morgan fingerprint density at radius 1 is 0.833 bits per heavy atom. The summed E-state index contributed by atoms with van der Waals surface area (Å²) in [4.78, 5) is 11.7. The van der Waals surface area contributed by atoms with E-state index in [1.165, 1.54) is 11.1 Å². The molecule has 2 aromatic carbocycles. The second kappa shape index (κ2) is 10.3. The van der Waals surface area contributed by atoms with Crippen LogP contribution in [0.2, 0.25) is 0 Å². The van der Waals surface area contributed by atoms with Crippen molar-refractivity contribution in [1.29, 1.82) is 0 Å². The summed E-state index contributed by atoms with van der Waals surface area (Å²) in [5, 5.41) is 5.79. The van der Waals surface area contributed by atoms with Gasteiger partial charge in [0.15, 0.2) is 0 Å². The molecule has 0 aliphatic heterocycles. The van der Waals surface area contributed by atoms with Crippen molar-refractivity contribution in [2.45, 2.75) is 25.7 Å². The summed E-state index contributed by atoms with van der Waals surface area (Å²) in [5.41, 5.74) is 2.53. The number of ether oxygens (including phenoxy) is 1. The maximum absolute atomic E-state index is 11.7. The summed E-state index contributed by atoms with van der Waals surface area (Å²) >= 11 is 0. The molecule has 0 aliphatic carbocycles. The molecule has 0 aliphatic rings. The lowest BCUT2D eigenvalue weighted by Crippen LogP contribution is -2.37. The Morgan fingerprint density at radius 3 is 2.21 bits per heavy atom. The third-order valence-corrected chi connectivity index (χ3v) is 3.88. The minimum atomic E-state index is -0.0942. The van der Waals surface area contributed by atoms with E-state index in [2.05, 4.69) is 34.9 Å². The summed E-state index contributed by atoms with van der Waals surface area (Å²) in [5.74, 6) is 0.847. The van der Waals surface area contributed by atoms with Gasteiger partial charge in [-0.25, -0.2) is 4.79 Å². The standard InChI is InChI=1S/C20H26N2O2/c1-24-19-12-10-18(11-13-19)14-16-22-20(23)21-15-6-5-9-17-7-3-2-4-8-17/h2-4,7-8,10-13H,5-6,9,14-16H2,1H3,(H2,21,22,23). The van der Waals surface area contributed by atoms with Gasteiger partial charge in [0.05, 0.1) is 7.11 Å². The first-order valence-electron chi connectivity index (χ1n) is 8.46. The number of carbonyl (C=O) groups excluding carboxylic acids is 1. The molecule has 0 radical (unpaired) electrons. The molecule has 0 bridgehead atoms. The number of benzene rings is 2. The van der Waals surface area contributed by atoms with Crippen LogP contribution in [0.15, 0.2) is 54.6 Å². The molecule has 24 heavy (non-hydrogen) atoms. The lowest BCUT2D eigenvalue weighted by molar-refractivity contribution is 0.241. The fraction of sp³-hybridized carbons (Fsp3) is 0.350. The second-order valence-corrected chi connectivity index (χ2v) is 5.72. The van der Waals surface area contributed by atoms with Crippen molar-refractivity contribution >= 4 is 6.03 Å². The maximum atomic E-state index is 11.7. The number of hydrogen-bond donors (Lipinski definition) is 2. The third kappa shape index (κ3) is 6.73. The van der Waals surface area contributed by atoms with Gasteiger partial charge in [0.25, 0.3) is 0 Å². The average molecular weight is 326 g/mol. The highest BCUT2D eigenvalue weighted by Crippen LogP contribution is 2.11. The molecule has 0 spiro atoms. The van der Waals surface area contributed by atoms with Gasteiger partial charge in [0, 0.05) is 13.1 Å². The summed E-state index contributed by atoms with van der Waals surface area (Å²) < 4.78 is 5.12. The molecule has 0 aromatic heterocycles. The SMILES string of the molecule is COc1ccc(CCNC(=O)NCCCCc2ccccc2)cc1. The summed E-state index contributed by atoms with van der Waals surface area (Å²) in [7, 11) is 1.65. The number of carbonyl (C=O) groups is 1. The van der Waals surface area contributed by atoms with Gasteiger partial charge in [-0.2, -0.15) is 0 Å². The van der Waals surface area contributed by atoms with Gasteiger partial charge >= 0.3 is 6.03 Å². The van der Waals surface area contributed by atoms with Crippen LogP contribution in [0, 0.1) is 0 Å². The molecule has 0 unspecified atom stereocenters. The molecule has 0 atom stereocenters. The number of rotatable bonds is 9. The van der Waals surface area contributed by atoms with Gasteiger partial charge in [0.1, 0.15) is 5.75 Å². The van der Waals surface area contributed by atoms with Gasteiger partial charge in [-0.3, -0.25) is 0 Å². The monoisotopic (exact) mass is 326 g/mol. The molecule has 0 saturated carbocycles. The zero-order valence-corrected chi connectivity index (χ0v) is 14.3. The van der Waals surface area contributed by atoms with Crippen LogP contribution >= 0.6 is 0 Å². The van der Waals surface area contributed by atoms with Crippen molar-refractivity contribution < 1.29 is 9.53 Å². The number of methoxy groups -OCH3 is 1. The van der Waals surface area contributed by atoms with Crippen LogP contribution in [0.25, 0.3) is 0 Å². The van der Waals surface area contributed by atoms with E-state index in [-0.39, 0.29) is 6.03 Å². The van der Waals surface area contributed by atoms with Gasteiger partial charge in [-0.05, 0) is 48.9 Å². The first-order chi connectivity index (χ1) is 11.8. The minimum Gasteiger partial charge on any atom is -0.497 e. The number of aryl methyl sites for hydroxylation is 1. The Morgan fingerprint density at radius 2 is 1.50 bits per heavy atom. The molecule has 128 valence electrons. The van der Waals surface area contributed by atoms with Crippen LogP contribution in [0.4, 0.5) is 4.79 Å². The van der Waals surface area contributed by atoms with Crippen LogP contribution < -0.4 is 15.4 Å². The number of nitrogens with one attached hydrogen (secondary N) is 2. The van der Waals surface area contributed by atoms with Crippen LogP contribution in [0.5, 0.6) is 5.75 Å². The van der Waals surface area contributed by atoms with E-state index >= 15 is 0 Å². The number of unbranched alkanes of at least 4 members (excludes halogenated alkanes) is 1. The lowest BCUT2D eigenvalue weighted by atomic mass is 10.1. The van der Waals surface area contributed by atoms with E-state index in [4.69, 9.17) is 4.74 Å². The zero-order chi connectivity index (χ0) is 17.0. The first kappa shape index (κ1) is 17.9. The molecule has 4 heteroatoms. The van der Waals surface area contributed by atoms with Crippen molar-refractivity contribution in [1.82, 2.24) is 10.6 Å². The molecule has 2 amide bonds. The second-order valence-electron chi connectivity index (χ2n) is 5.72. The predicted molar refractivity (Wildman–Crippen MR) is 97.5 cm³/mol. The van der Waals surface area contributed by atoms with E-state index < -0.39 is 0 Å². The number of urea groups is 1. The third-order valence-electron chi connectivity index (χ3n) is 3.88. The molecule has 2 N–H and O–H groups in total. The van der Waals surface area contributed by atoms with Crippen LogP contribution in [0.3, 0.4) is 0 Å². The van der Waals surface area contributed by atoms with Crippen molar-refractivity contribution in [3.8, 4) is 5.75 Å². The molecule has 0 fully saturated rings. The van der Waals surface area contributed by atoms with Crippen LogP contribution in [-0.2, 0) is 12.8 Å². The van der Waals surface area contributed by atoms with E-state index in [0.29, 0.717) is 13.1 Å². The molecule has 4 nitrogen and oxygen atoms in total. The van der Waals surface area contributed by atoms with Crippen molar-refractivity contribution in [3.63, 3.8) is 0 Å². The number of amides is 2. The van der Waals surface area contributed by atoms with Crippen LogP contribution in [0.1, 0.15) is 24.0 Å². The molecular weight excluding hydrogens is 300 g/mol. The average Bonchev–Trinajstić information content (AvgIpc) is 2.63. The lowest BCUT2D eigenvalue weighted by Gasteiger charge is -2.08. The fourth-order valence-corrected chi connectivity index (χ4v) is 2.48. The Bertz CT molecular complexity index is 597. The molecule has 0 heterocycles. The van der Waals surface area contributed by atoms with Gasteiger partial charge < -0.3 is 15.4 Å². The normalized spacial score (nSPS) is 10.2. The minimum absolute atomic E-state index is 0.0942. The molecular formula is C20H26N2O2. The van der Waals surface area contributed by atoms with E-state index in [1.807, 2.05) is 30.3 Å². The zero-order valence-electron chi connectivity index (χ0n) is 14.3. The van der Waals surface area contributed by atoms with E-state index in [9.17, 15) is 4.79 Å². The van der Waals surface area contributed by atoms with Gasteiger partial charge in [0.2, 0.25) is 0 Å². The Balaban J connectivity index is 1.51. The molecule has 2 rings (SSSR count). The quantitative estimate of drug-likeness (QED) is 0.692. The Labute approximate surface area is 144 Å². The highest BCUT2D eigenvalue weighted by atomic mass is 16.5. The molecule has 0 saturated heterocycles. The smallest absolute Gasteiger partial charge is 0.314 e. The van der Waals surface area contributed by atoms with E-state index in [1.54, 1.807) is 7.11 Å². The van der Waals surface area contributed by atoms with Crippen molar-refractivity contribution in [2.24, 2.45) is 0 Å². The van der Waals surface area contributed by atoms with Crippen molar-refractivity contribution in [3.05, 3.63) is 65.7 Å². The Kier molecular flexibility index (Phi) is 7.68. The number of hydrogen-bond acceptors (Lipinski definition) is 2. The van der Waals surface area contributed by atoms with Crippen LogP contribution in [-0.4, -0.2) is 26.2 Å². The molecule has 2 aromatic rings. The van der Waals surface area contributed by atoms with Gasteiger partial charge in [-0.1, -0.05) is 42.5 Å². The first-order valence-corrected chi connectivity index (χ1v) is 8.46. The Hall–Kier alpha value is -2.49. The topological polar surface area (TPSA) is 50.4 Å². The summed E-state index contributed by atoms with van der Waals surface area (Å²) in [6, 6.07) is 18.2. The van der Waals surface area contributed by atoms with E-state index in [0.717, 1.165) is 31.4 Å². The maximum Gasteiger partial charge on any atom is 0.314 e. The highest BCUT2D eigenvalue weighted by Gasteiger charge is 2.00. The predicted octanol–water partition coefficient (Wildman–Crippen LogP) is 3.56. The largest absolute Gasteiger partial charge is 0.497 e. The van der Waals surface area contributed by atoms with Gasteiger partial charge in [-0.15, -0.1) is 0 Å².